The molecule has 0 saturated heterocycles. The monoisotopic (exact) mass is 366 g/mol. The van der Waals surface area contributed by atoms with Crippen LogP contribution in [0.1, 0.15) is 85.0 Å². The Hall–Kier alpha value is -1.58. The van der Waals surface area contributed by atoms with E-state index >= 15 is 0 Å². The second-order valence-corrected chi connectivity index (χ2v) is 6.66. The largest absolute Gasteiger partial charge is 0.462 e. The van der Waals surface area contributed by atoms with Crippen molar-refractivity contribution < 1.29 is 19.1 Å². The van der Waals surface area contributed by atoms with Gasteiger partial charge in [0.1, 0.15) is 6.61 Å². The van der Waals surface area contributed by atoms with Gasteiger partial charge in [0.15, 0.2) is 0 Å². The summed E-state index contributed by atoms with van der Waals surface area (Å²) in [5.41, 5.74) is 0. The van der Waals surface area contributed by atoms with Gasteiger partial charge in [-0.3, -0.25) is 0 Å². The van der Waals surface area contributed by atoms with E-state index in [4.69, 9.17) is 9.47 Å². The third-order valence-corrected chi connectivity index (χ3v) is 4.43. The Morgan fingerprint density at radius 3 is 1.96 bits per heavy atom. The Balaban J connectivity index is 3.64. The molecule has 0 aliphatic heterocycles. The maximum absolute atomic E-state index is 11.5. The van der Waals surface area contributed by atoms with E-state index in [0.717, 1.165) is 31.4 Å². The normalized spacial score (nSPS) is 11.5. The van der Waals surface area contributed by atoms with Gasteiger partial charge in [-0.2, -0.15) is 0 Å². The lowest BCUT2D eigenvalue weighted by atomic mass is 10.1. The topological polar surface area (TPSA) is 52.6 Å². The fourth-order valence-corrected chi connectivity index (χ4v) is 2.49. The first kappa shape index (κ1) is 24.4. The first-order chi connectivity index (χ1) is 12.6. The van der Waals surface area contributed by atoms with Crippen molar-refractivity contribution >= 4 is 11.9 Å². The zero-order valence-electron chi connectivity index (χ0n) is 17.0. The van der Waals surface area contributed by atoms with Crippen molar-refractivity contribution in [3.63, 3.8) is 0 Å². The third kappa shape index (κ3) is 15.9. The quantitative estimate of drug-likeness (QED) is 0.151. The molecule has 0 amide bonds. The lowest BCUT2D eigenvalue weighted by Crippen LogP contribution is -2.12. The molecular formula is C22H38O4. The van der Waals surface area contributed by atoms with Crippen molar-refractivity contribution in [3.05, 3.63) is 24.3 Å². The summed E-state index contributed by atoms with van der Waals surface area (Å²) < 4.78 is 10.1. The van der Waals surface area contributed by atoms with Crippen LogP contribution in [0, 0.1) is 5.92 Å². The van der Waals surface area contributed by atoms with Gasteiger partial charge in [0, 0.05) is 12.2 Å². The van der Waals surface area contributed by atoms with Crippen LogP contribution in [0.4, 0.5) is 0 Å². The van der Waals surface area contributed by atoms with E-state index in [-0.39, 0.29) is 6.61 Å². The highest BCUT2D eigenvalue weighted by Crippen LogP contribution is 2.09. The first-order valence-corrected chi connectivity index (χ1v) is 10.3. The fourth-order valence-electron chi connectivity index (χ4n) is 2.49. The number of carbonyl (C=O) groups excluding carboxylic acids is 2. The Bertz CT molecular complexity index is 408. The molecule has 0 aromatic heterocycles. The zero-order valence-corrected chi connectivity index (χ0v) is 17.0. The van der Waals surface area contributed by atoms with Crippen molar-refractivity contribution in [2.45, 2.75) is 85.0 Å². The molecule has 0 atom stereocenters. The molecule has 4 nitrogen and oxygen atoms in total. The van der Waals surface area contributed by atoms with Crippen molar-refractivity contribution in [1.29, 1.82) is 0 Å². The Morgan fingerprint density at radius 1 is 0.769 bits per heavy atom. The van der Waals surface area contributed by atoms with E-state index in [9.17, 15) is 9.59 Å². The second kappa shape index (κ2) is 18.2. The summed E-state index contributed by atoms with van der Waals surface area (Å²) >= 11 is 0. The summed E-state index contributed by atoms with van der Waals surface area (Å²) in [6.07, 6.45) is 18.2. The van der Waals surface area contributed by atoms with Gasteiger partial charge >= 0.3 is 11.9 Å². The van der Waals surface area contributed by atoms with Gasteiger partial charge < -0.3 is 9.47 Å². The van der Waals surface area contributed by atoms with Gasteiger partial charge in [0.2, 0.25) is 0 Å². The summed E-state index contributed by atoms with van der Waals surface area (Å²) in [6, 6.07) is 0. The number of ether oxygens (including phenoxy) is 2. The van der Waals surface area contributed by atoms with Gasteiger partial charge in [-0.1, -0.05) is 84.3 Å². The number of carbonyl (C=O) groups is 2. The van der Waals surface area contributed by atoms with Crippen LogP contribution in [-0.4, -0.2) is 25.2 Å². The SMILES string of the molecule is CCCCCCCCC/C=C/COC(=O)/C=C/C(=O)OCC(CC)CC. The maximum atomic E-state index is 11.5. The molecule has 4 heteroatoms. The minimum absolute atomic E-state index is 0.239. The van der Waals surface area contributed by atoms with Crippen LogP contribution >= 0.6 is 0 Å². The van der Waals surface area contributed by atoms with Gasteiger partial charge in [0.05, 0.1) is 6.61 Å². The van der Waals surface area contributed by atoms with Crippen molar-refractivity contribution in [2.75, 3.05) is 13.2 Å². The van der Waals surface area contributed by atoms with Crippen LogP contribution < -0.4 is 0 Å². The lowest BCUT2D eigenvalue weighted by molar-refractivity contribution is -0.140. The molecule has 0 heterocycles. The van der Waals surface area contributed by atoms with Gasteiger partial charge in [-0.05, 0) is 18.8 Å². The van der Waals surface area contributed by atoms with Crippen LogP contribution in [0.5, 0.6) is 0 Å². The lowest BCUT2D eigenvalue weighted by Gasteiger charge is -2.10. The standard InChI is InChI=1S/C22H38O4/c1-4-7-8-9-10-11-12-13-14-15-18-25-21(23)16-17-22(24)26-19-20(5-2)6-3/h14-17,20H,4-13,18-19H2,1-3H3/b15-14+,17-16+. The summed E-state index contributed by atoms with van der Waals surface area (Å²) in [5, 5.41) is 0. The number of unbranched alkanes of at least 4 members (excludes halogenated alkanes) is 7. The van der Waals surface area contributed by atoms with Crippen LogP contribution in [0.15, 0.2) is 24.3 Å². The summed E-state index contributed by atoms with van der Waals surface area (Å²) in [5.74, 6) is -0.644. The van der Waals surface area contributed by atoms with Crippen LogP contribution in [0.2, 0.25) is 0 Å². The Kier molecular flexibility index (Phi) is 17.1. The highest BCUT2D eigenvalue weighted by Gasteiger charge is 2.06. The average molecular weight is 367 g/mol. The molecule has 0 unspecified atom stereocenters. The average Bonchev–Trinajstić information content (AvgIpc) is 2.65. The number of rotatable bonds is 16. The van der Waals surface area contributed by atoms with Crippen LogP contribution in [0.25, 0.3) is 0 Å². The maximum Gasteiger partial charge on any atom is 0.331 e. The fraction of sp³-hybridized carbons (Fsp3) is 0.727. The van der Waals surface area contributed by atoms with E-state index in [1.165, 1.54) is 44.9 Å². The van der Waals surface area contributed by atoms with Crippen molar-refractivity contribution in [1.82, 2.24) is 0 Å². The Labute approximate surface area is 160 Å². The van der Waals surface area contributed by atoms with E-state index in [1.807, 2.05) is 12.2 Å². The van der Waals surface area contributed by atoms with Gasteiger partial charge in [0.25, 0.3) is 0 Å². The summed E-state index contributed by atoms with van der Waals surface area (Å²) in [7, 11) is 0. The molecule has 0 N–H and O–H groups in total. The molecule has 0 spiro atoms. The highest BCUT2D eigenvalue weighted by molar-refractivity contribution is 5.91. The summed E-state index contributed by atoms with van der Waals surface area (Å²) in [4.78, 5) is 23.0. The van der Waals surface area contributed by atoms with E-state index in [2.05, 4.69) is 20.8 Å². The zero-order chi connectivity index (χ0) is 19.5. The van der Waals surface area contributed by atoms with E-state index < -0.39 is 11.9 Å². The van der Waals surface area contributed by atoms with Gasteiger partial charge in [-0.25, -0.2) is 9.59 Å². The molecule has 150 valence electrons. The smallest absolute Gasteiger partial charge is 0.331 e. The Morgan fingerprint density at radius 2 is 1.35 bits per heavy atom. The molecule has 0 bridgehead atoms. The molecule has 0 aromatic rings. The molecule has 0 radical (unpaired) electrons. The van der Waals surface area contributed by atoms with Crippen molar-refractivity contribution in [2.24, 2.45) is 5.92 Å². The summed E-state index contributed by atoms with van der Waals surface area (Å²) in [6.45, 7) is 7.00. The van der Waals surface area contributed by atoms with Crippen molar-refractivity contribution in [3.8, 4) is 0 Å². The number of hydrogen-bond donors (Lipinski definition) is 0. The minimum Gasteiger partial charge on any atom is -0.462 e. The highest BCUT2D eigenvalue weighted by atomic mass is 16.5. The predicted molar refractivity (Wildman–Crippen MR) is 107 cm³/mol. The molecule has 26 heavy (non-hydrogen) atoms. The molecule has 0 fully saturated rings. The molecule has 0 rings (SSSR count). The molecular weight excluding hydrogens is 328 g/mol. The number of hydrogen-bond acceptors (Lipinski definition) is 4. The van der Waals surface area contributed by atoms with Crippen LogP contribution in [-0.2, 0) is 19.1 Å². The minimum atomic E-state index is -0.523. The second-order valence-electron chi connectivity index (χ2n) is 6.66. The number of allylic oxidation sites excluding steroid dienone is 1. The third-order valence-electron chi connectivity index (χ3n) is 4.43. The first-order valence-electron chi connectivity index (χ1n) is 10.3. The molecule has 0 saturated carbocycles. The van der Waals surface area contributed by atoms with Crippen LogP contribution in [0.3, 0.4) is 0 Å². The predicted octanol–water partition coefficient (Wildman–Crippen LogP) is 5.76. The van der Waals surface area contributed by atoms with E-state index in [1.54, 1.807) is 0 Å². The van der Waals surface area contributed by atoms with Gasteiger partial charge in [-0.15, -0.1) is 0 Å². The number of esters is 2. The molecule has 0 aliphatic carbocycles. The molecule has 0 aromatic carbocycles. The van der Waals surface area contributed by atoms with E-state index in [0.29, 0.717) is 12.5 Å². The molecule has 0 aliphatic rings.